The lowest BCUT2D eigenvalue weighted by Gasteiger charge is -2.25. The molecule has 1 aliphatic heterocycles. The van der Waals surface area contributed by atoms with Crippen molar-refractivity contribution in [2.75, 3.05) is 5.32 Å². The van der Waals surface area contributed by atoms with E-state index < -0.39 is 17.5 Å². The fraction of sp³-hybridized carbons (Fsp3) is 0.261. The molecule has 1 saturated heterocycles. The topological polar surface area (TPSA) is 119 Å². The number of rotatable bonds is 5. The van der Waals surface area contributed by atoms with E-state index in [9.17, 15) is 19.2 Å². The summed E-state index contributed by atoms with van der Waals surface area (Å²) in [5, 5.41) is 5.12. The Kier molecular flexibility index (Phi) is 5.72. The number of aromatic nitrogens is 2. The van der Waals surface area contributed by atoms with E-state index in [1.165, 1.54) is 11.5 Å². The van der Waals surface area contributed by atoms with Crippen molar-refractivity contribution in [3.8, 4) is 5.75 Å². The average molecular weight is 434 g/mol. The molecule has 3 amide bonds. The lowest BCUT2D eigenvalue weighted by Crippen LogP contribution is -2.45. The number of nitrogens with zero attached hydrogens (tertiary/aromatic N) is 2. The Labute approximate surface area is 183 Å². The van der Waals surface area contributed by atoms with Crippen LogP contribution in [0.25, 0.3) is 10.9 Å². The number of hydrogen-bond donors (Lipinski definition) is 2. The third-order valence-electron chi connectivity index (χ3n) is 5.26. The first-order valence-corrected chi connectivity index (χ1v) is 10.2. The van der Waals surface area contributed by atoms with Crippen LogP contribution in [0.3, 0.4) is 0 Å². The standard InChI is InChI=1S/C23H22N4O5/c1-13-24-16-8-9-17(25-14(2)28)21(32-12-15-6-4-3-5-7-15)20(16)23(31)27(13)18-10-11-19(29)26-22(18)30/h3-9,18H,10-12H2,1-2H3,(H,25,28)(H,26,29,30). The van der Waals surface area contributed by atoms with E-state index in [1.807, 2.05) is 30.3 Å². The Hall–Kier alpha value is -4.01. The number of piperidine rings is 1. The second-order valence-electron chi connectivity index (χ2n) is 7.59. The molecule has 1 atom stereocenters. The Morgan fingerprint density at radius 3 is 2.62 bits per heavy atom. The van der Waals surface area contributed by atoms with E-state index in [4.69, 9.17) is 4.74 Å². The van der Waals surface area contributed by atoms with Gasteiger partial charge in [-0.1, -0.05) is 30.3 Å². The second-order valence-corrected chi connectivity index (χ2v) is 7.59. The van der Waals surface area contributed by atoms with E-state index in [-0.39, 0.29) is 42.4 Å². The molecule has 0 radical (unpaired) electrons. The van der Waals surface area contributed by atoms with Gasteiger partial charge < -0.3 is 10.1 Å². The molecular formula is C23H22N4O5. The largest absolute Gasteiger partial charge is 0.486 e. The molecule has 1 aliphatic rings. The number of carbonyl (C=O) groups is 3. The third-order valence-corrected chi connectivity index (χ3v) is 5.26. The van der Waals surface area contributed by atoms with Gasteiger partial charge in [-0.25, -0.2) is 4.98 Å². The van der Waals surface area contributed by atoms with Crippen LogP contribution in [0, 0.1) is 6.92 Å². The summed E-state index contributed by atoms with van der Waals surface area (Å²) in [6.07, 6.45) is 0.327. The van der Waals surface area contributed by atoms with Crippen molar-refractivity contribution in [1.82, 2.24) is 14.9 Å². The number of amides is 3. The third kappa shape index (κ3) is 4.09. The molecule has 2 heterocycles. The highest BCUT2D eigenvalue weighted by Gasteiger charge is 2.31. The first kappa shape index (κ1) is 21.2. The van der Waals surface area contributed by atoms with Crippen LogP contribution in [-0.2, 0) is 21.0 Å². The lowest BCUT2D eigenvalue weighted by molar-refractivity contribution is -0.135. The maximum Gasteiger partial charge on any atom is 0.265 e. The van der Waals surface area contributed by atoms with Gasteiger partial charge in [0, 0.05) is 13.3 Å². The zero-order valence-corrected chi connectivity index (χ0v) is 17.7. The lowest BCUT2D eigenvalue weighted by atomic mass is 10.1. The Morgan fingerprint density at radius 1 is 1.19 bits per heavy atom. The van der Waals surface area contributed by atoms with Crippen LogP contribution in [-0.4, -0.2) is 27.3 Å². The smallest absolute Gasteiger partial charge is 0.265 e. The van der Waals surface area contributed by atoms with Gasteiger partial charge in [-0.05, 0) is 31.0 Å². The zero-order valence-electron chi connectivity index (χ0n) is 17.7. The van der Waals surface area contributed by atoms with Gasteiger partial charge in [0.1, 0.15) is 23.9 Å². The first-order chi connectivity index (χ1) is 15.3. The molecule has 0 spiro atoms. The summed E-state index contributed by atoms with van der Waals surface area (Å²) >= 11 is 0. The van der Waals surface area contributed by atoms with E-state index in [2.05, 4.69) is 15.6 Å². The van der Waals surface area contributed by atoms with E-state index in [0.29, 0.717) is 17.0 Å². The Morgan fingerprint density at radius 2 is 1.94 bits per heavy atom. The molecule has 0 bridgehead atoms. The highest BCUT2D eigenvalue weighted by molar-refractivity contribution is 6.00. The van der Waals surface area contributed by atoms with Crippen molar-refractivity contribution in [2.45, 2.75) is 39.3 Å². The van der Waals surface area contributed by atoms with Crippen LogP contribution in [0.1, 0.15) is 37.2 Å². The predicted molar refractivity (Wildman–Crippen MR) is 117 cm³/mol. The normalized spacial score (nSPS) is 16.0. The van der Waals surface area contributed by atoms with Crippen molar-refractivity contribution >= 4 is 34.3 Å². The predicted octanol–water partition coefficient (Wildman–Crippen LogP) is 2.22. The van der Waals surface area contributed by atoms with Crippen molar-refractivity contribution in [2.24, 2.45) is 0 Å². The molecule has 2 N–H and O–H groups in total. The fourth-order valence-corrected chi connectivity index (χ4v) is 3.83. The van der Waals surface area contributed by atoms with Crippen LogP contribution in [0.4, 0.5) is 5.69 Å². The highest BCUT2D eigenvalue weighted by atomic mass is 16.5. The highest BCUT2D eigenvalue weighted by Crippen LogP contribution is 2.33. The summed E-state index contributed by atoms with van der Waals surface area (Å²) in [6, 6.07) is 11.8. The first-order valence-electron chi connectivity index (χ1n) is 10.2. The van der Waals surface area contributed by atoms with E-state index >= 15 is 0 Å². The minimum atomic E-state index is -0.858. The summed E-state index contributed by atoms with van der Waals surface area (Å²) in [5.74, 6) is -0.708. The van der Waals surface area contributed by atoms with Crippen molar-refractivity contribution < 1.29 is 19.1 Å². The average Bonchev–Trinajstić information content (AvgIpc) is 2.75. The van der Waals surface area contributed by atoms with Crippen LogP contribution < -0.4 is 20.9 Å². The van der Waals surface area contributed by atoms with Crippen LogP contribution in [0.2, 0.25) is 0 Å². The monoisotopic (exact) mass is 434 g/mol. The quantitative estimate of drug-likeness (QED) is 0.595. The number of nitrogens with one attached hydrogen (secondary N) is 2. The summed E-state index contributed by atoms with van der Waals surface area (Å²) in [7, 11) is 0. The van der Waals surface area contributed by atoms with E-state index in [1.54, 1.807) is 19.1 Å². The van der Waals surface area contributed by atoms with Crippen LogP contribution in [0.5, 0.6) is 5.75 Å². The van der Waals surface area contributed by atoms with Crippen LogP contribution >= 0.6 is 0 Å². The maximum absolute atomic E-state index is 13.6. The minimum Gasteiger partial charge on any atom is -0.486 e. The van der Waals surface area contributed by atoms with Gasteiger partial charge in [-0.15, -0.1) is 0 Å². The number of benzene rings is 2. The molecule has 1 fully saturated rings. The molecule has 9 heteroatoms. The number of anilines is 1. The van der Waals surface area contributed by atoms with Crippen molar-refractivity contribution in [3.05, 3.63) is 64.2 Å². The molecule has 3 aromatic rings. The second kappa shape index (κ2) is 8.62. The van der Waals surface area contributed by atoms with Gasteiger partial charge in [0.05, 0.1) is 11.2 Å². The van der Waals surface area contributed by atoms with E-state index in [0.717, 1.165) is 5.56 Å². The zero-order chi connectivity index (χ0) is 22.8. The molecule has 164 valence electrons. The fourth-order valence-electron chi connectivity index (χ4n) is 3.83. The molecule has 2 aromatic carbocycles. The molecule has 32 heavy (non-hydrogen) atoms. The van der Waals surface area contributed by atoms with Gasteiger partial charge in [0.25, 0.3) is 5.56 Å². The number of imide groups is 1. The SMILES string of the molecule is CC(=O)Nc1ccc2nc(C)n(C3CCC(=O)NC3=O)c(=O)c2c1OCc1ccccc1. The van der Waals surface area contributed by atoms with Gasteiger partial charge in [0.15, 0.2) is 5.75 Å². The number of ether oxygens (including phenoxy) is 1. The molecular weight excluding hydrogens is 412 g/mol. The Bertz CT molecular complexity index is 1280. The van der Waals surface area contributed by atoms with Crippen molar-refractivity contribution in [3.63, 3.8) is 0 Å². The van der Waals surface area contributed by atoms with Gasteiger partial charge in [-0.3, -0.25) is 29.1 Å². The molecule has 0 aliphatic carbocycles. The molecule has 1 aromatic heterocycles. The molecule has 9 nitrogen and oxygen atoms in total. The van der Waals surface area contributed by atoms with Crippen molar-refractivity contribution in [1.29, 1.82) is 0 Å². The number of hydrogen-bond acceptors (Lipinski definition) is 6. The molecule has 4 rings (SSSR count). The van der Waals surface area contributed by atoms with Crippen LogP contribution in [0.15, 0.2) is 47.3 Å². The number of aryl methyl sites for hydroxylation is 1. The summed E-state index contributed by atoms with van der Waals surface area (Å²) in [4.78, 5) is 53.9. The van der Waals surface area contributed by atoms with Gasteiger partial charge in [-0.2, -0.15) is 0 Å². The Balaban J connectivity index is 1.87. The number of fused-ring (bicyclic) bond motifs is 1. The molecule has 1 unspecified atom stereocenters. The maximum atomic E-state index is 13.6. The van der Waals surface area contributed by atoms with Gasteiger partial charge >= 0.3 is 0 Å². The summed E-state index contributed by atoms with van der Waals surface area (Å²) in [6.45, 7) is 3.16. The summed E-state index contributed by atoms with van der Waals surface area (Å²) < 4.78 is 7.31. The molecule has 0 saturated carbocycles. The number of carbonyl (C=O) groups excluding carboxylic acids is 3. The summed E-state index contributed by atoms with van der Waals surface area (Å²) in [5.41, 5.74) is 1.12. The minimum absolute atomic E-state index is 0.129. The van der Waals surface area contributed by atoms with Gasteiger partial charge in [0.2, 0.25) is 17.7 Å².